The quantitative estimate of drug-likeness (QED) is 0.615. The van der Waals surface area contributed by atoms with Crippen molar-refractivity contribution in [1.82, 2.24) is 30.3 Å². The molecular formula is C20H24N6O4S. The molecule has 0 saturated carbocycles. The Bertz CT molecular complexity index is 972. The van der Waals surface area contributed by atoms with E-state index in [4.69, 9.17) is 4.74 Å². The van der Waals surface area contributed by atoms with Crippen LogP contribution in [0.15, 0.2) is 29.4 Å². The van der Waals surface area contributed by atoms with Gasteiger partial charge in [0, 0.05) is 38.0 Å². The van der Waals surface area contributed by atoms with Gasteiger partial charge >= 0.3 is 6.03 Å². The van der Waals surface area contributed by atoms with Crippen molar-refractivity contribution in [2.75, 3.05) is 26.0 Å². The molecule has 164 valence electrons. The third kappa shape index (κ3) is 4.98. The zero-order chi connectivity index (χ0) is 21.8. The number of methoxy groups -OCH3 is 1. The lowest BCUT2D eigenvalue weighted by atomic mass is 10.1. The molecule has 1 aromatic carbocycles. The van der Waals surface area contributed by atoms with E-state index < -0.39 is 6.03 Å². The van der Waals surface area contributed by atoms with Gasteiger partial charge in [-0.25, -0.2) is 4.79 Å². The number of thioether (sulfide) groups is 1. The van der Waals surface area contributed by atoms with Crippen LogP contribution < -0.4 is 15.4 Å². The summed E-state index contributed by atoms with van der Waals surface area (Å²) in [5.74, 6) is 1.29. The van der Waals surface area contributed by atoms with Crippen molar-refractivity contribution < 1.29 is 19.1 Å². The molecule has 1 unspecified atom stereocenters. The van der Waals surface area contributed by atoms with E-state index in [2.05, 4.69) is 20.8 Å². The van der Waals surface area contributed by atoms with Gasteiger partial charge in [0.1, 0.15) is 11.6 Å². The normalized spacial score (nSPS) is 18.6. The van der Waals surface area contributed by atoms with Gasteiger partial charge in [0.2, 0.25) is 11.8 Å². The van der Waals surface area contributed by atoms with Gasteiger partial charge in [-0.1, -0.05) is 17.8 Å². The second-order valence-corrected chi connectivity index (χ2v) is 8.38. The lowest BCUT2D eigenvalue weighted by molar-refractivity contribution is -0.127. The van der Waals surface area contributed by atoms with E-state index in [1.165, 1.54) is 11.8 Å². The Kier molecular flexibility index (Phi) is 6.40. The first-order chi connectivity index (χ1) is 15.0. The number of benzene rings is 1. The second kappa shape index (κ2) is 9.38. The van der Waals surface area contributed by atoms with Crippen molar-refractivity contribution in [2.24, 2.45) is 0 Å². The van der Waals surface area contributed by atoms with Crippen LogP contribution in [0.5, 0.6) is 5.75 Å². The molecule has 2 aliphatic rings. The number of nitrogens with zero attached hydrogens (tertiary/aromatic N) is 4. The van der Waals surface area contributed by atoms with Crippen molar-refractivity contribution in [3.05, 3.63) is 30.1 Å². The number of imide groups is 1. The van der Waals surface area contributed by atoms with Crippen LogP contribution >= 0.6 is 11.8 Å². The Morgan fingerprint density at radius 2 is 2.06 bits per heavy atom. The van der Waals surface area contributed by atoms with Crippen molar-refractivity contribution >= 4 is 29.6 Å². The van der Waals surface area contributed by atoms with Gasteiger partial charge in [0.25, 0.3) is 0 Å². The van der Waals surface area contributed by atoms with Crippen LogP contribution in [0.2, 0.25) is 0 Å². The van der Waals surface area contributed by atoms with Gasteiger partial charge in [-0.05, 0) is 25.0 Å². The summed E-state index contributed by atoms with van der Waals surface area (Å²) in [5, 5.41) is 14.2. The molecule has 11 heteroatoms. The highest BCUT2D eigenvalue weighted by Crippen LogP contribution is 2.26. The van der Waals surface area contributed by atoms with Crippen molar-refractivity contribution in [3.8, 4) is 11.4 Å². The average Bonchev–Trinajstić information content (AvgIpc) is 3.42. The maximum absolute atomic E-state index is 12.5. The number of likely N-dealkylation sites (tertiary alicyclic amines) is 1. The number of carbonyl (C=O) groups excluding carboxylic acids is 3. The Morgan fingerprint density at radius 3 is 2.81 bits per heavy atom. The molecular weight excluding hydrogens is 420 g/mol. The molecule has 10 nitrogen and oxygen atoms in total. The molecule has 0 bridgehead atoms. The summed E-state index contributed by atoms with van der Waals surface area (Å²) in [6.45, 7) is 1.60. The van der Waals surface area contributed by atoms with Crippen LogP contribution in [-0.2, 0) is 16.0 Å². The maximum atomic E-state index is 12.5. The molecule has 1 atom stereocenters. The van der Waals surface area contributed by atoms with Crippen LogP contribution in [0, 0.1) is 0 Å². The molecule has 2 aliphatic heterocycles. The number of nitrogens with one attached hydrogen (secondary N) is 2. The van der Waals surface area contributed by atoms with Crippen LogP contribution in [-0.4, -0.2) is 69.5 Å². The Hall–Kier alpha value is -3.08. The smallest absolute Gasteiger partial charge is 0.321 e. The summed E-state index contributed by atoms with van der Waals surface area (Å²) in [6, 6.07) is 6.54. The van der Waals surface area contributed by atoms with E-state index in [1.54, 1.807) is 7.11 Å². The van der Waals surface area contributed by atoms with Crippen molar-refractivity contribution in [3.63, 3.8) is 0 Å². The number of urea groups is 1. The van der Waals surface area contributed by atoms with Crippen molar-refractivity contribution in [1.29, 1.82) is 0 Å². The number of hydrogen-bond acceptors (Lipinski definition) is 7. The fraction of sp³-hybridized carbons (Fsp3) is 0.450. The van der Waals surface area contributed by atoms with Gasteiger partial charge in [-0.2, -0.15) is 0 Å². The summed E-state index contributed by atoms with van der Waals surface area (Å²) in [7, 11) is 1.59. The first kappa shape index (κ1) is 21.2. The van der Waals surface area contributed by atoms with Crippen LogP contribution in [0.3, 0.4) is 0 Å². The van der Waals surface area contributed by atoms with Gasteiger partial charge < -0.3 is 15.0 Å². The third-order valence-corrected chi connectivity index (χ3v) is 6.16. The highest BCUT2D eigenvalue weighted by atomic mass is 32.2. The monoisotopic (exact) mass is 444 g/mol. The van der Waals surface area contributed by atoms with E-state index >= 15 is 0 Å². The molecule has 1 aromatic heterocycles. The summed E-state index contributed by atoms with van der Waals surface area (Å²) in [4.78, 5) is 37.8. The number of amides is 4. The van der Waals surface area contributed by atoms with E-state index in [0.717, 1.165) is 31.6 Å². The number of aromatic nitrogens is 3. The molecule has 2 fully saturated rings. The van der Waals surface area contributed by atoms with Gasteiger partial charge in [-0.15, -0.1) is 10.2 Å². The lowest BCUT2D eigenvalue weighted by Gasteiger charge is -2.23. The molecule has 4 rings (SSSR count). The number of hydrogen-bond donors (Lipinski definition) is 2. The molecule has 0 radical (unpaired) electrons. The third-order valence-electron chi connectivity index (χ3n) is 5.24. The largest absolute Gasteiger partial charge is 0.497 e. The topological polar surface area (TPSA) is 118 Å². The maximum Gasteiger partial charge on any atom is 0.321 e. The Balaban J connectivity index is 1.59. The molecule has 0 spiro atoms. The van der Waals surface area contributed by atoms with Crippen LogP contribution in [0.1, 0.15) is 25.1 Å². The number of carbonyl (C=O) groups is 3. The molecule has 2 N–H and O–H groups in total. The minimum atomic E-state index is -0.514. The number of rotatable bonds is 7. The zero-order valence-corrected chi connectivity index (χ0v) is 18.0. The summed E-state index contributed by atoms with van der Waals surface area (Å²) < 4.78 is 7.20. The van der Waals surface area contributed by atoms with Gasteiger partial charge in [0.05, 0.1) is 18.6 Å². The molecule has 4 amide bonds. The molecule has 2 saturated heterocycles. The minimum absolute atomic E-state index is 0.0838. The second-order valence-electron chi connectivity index (χ2n) is 7.44. The fourth-order valence-corrected chi connectivity index (χ4v) is 4.61. The van der Waals surface area contributed by atoms with Crippen molar-refractivity contribution in [2.45, 2.75) is 36.9 Å². The predicted octanol–water partition coefficient (Wildman–Crippen LogP) is 1.13. The SMILES string of the molecule is COc1cccc(-n2c(CC3CC(=O)NC(=O)N3)nnc2SCC(=O)N2CCCC2)c1. The van der Waals surface area contributed by atoms with E-state index in [-0.39, 0.29) is 30.0 Å². The van der Waals surface area contributed by atoms with E-state index in [0.29, 0.717) is 23.2 Å². The van der Waals surface area contributed by atoms with Gasteiger partial charge in [0.15, 0.2) is 5.16 Å². The Morgan fingerprint density at radius 1 is 1.26 bits per heavy atom. The van der Waals surface area contributed by atoms with E-state index in [9.17, 15) is 14.4 Å². The average molecular weight is 445 g/mol. The van der Waals surface area contributed by atoms with Crippen LogP contribution in [0.4, 0.5) is 4.79 Å². The molecule has 31 heavy (non-hydrogen) atoms. The molecule has 2 aromatic rings. The minimum Gasteiger partial charge on any atom is -0.497 e. The Labute approximate surface area is 183 Å². The lowest BCUT2D eigenvalue weighted by Crippen LogP contribution is -2.53. The standard InChI is InChI=1S/C20H24N6O4S/c1-30-15-6-4-5-14(11-15)26-16(9-13-10-17(27)22-19(29)21-13)23-24-20(26)31-12-18(28)25-7-2-3-8-25/h4-6,11,13H,2-3,7-10,12H2,1H3,(H2,21,22,27,29). The zero-order valence-electron chi connectivity index (χ0n) is 17.2. The highest BCUT2D eigenvalue weighted by Gasteiger charge is 2.27. The highest BCUT2D eigenvalue weighted by molar-refractivity contribution is 7.99. The fourth-order valence-electron chi connectivity index (χ4n) is 3.74. The first-order valence-corrected chi connectivity index (χ1v) is 11.1. The van der Waals surface area contributed by atoms with Crippen LogP contribution in [0.25, 0.3) is 5.69 Å². The van der Waals surface area contributed by atoms with E-state index in [1.807, 2.05) is 33.7 Å². The summed E-state index contributed by atoms with van der Waals surface area (Å²) in [6.07, 6.45) is 2.57. The predicted molar refractivity (Wildman–Crippen MR) is 113 cm³/mol. The molecule has 0 aliphatic carbocycles. The molecule has 3 heterocycles. The first-order valence-electron chi connectivity index (χ1n) is 10.1. The number of ether oxygens (including phenoxy) is 1. The summed E-state index contributed by atoms with van der Waals surface area (Å²) >= 11 is 1.32. The van der Waals surface area contributed by atoms with Gasteiger partial charge in [-0.3, -0.25) is 19.5 Å². The summed E-state index contributed by atoms with van der Waals surface area (Å²) in [5.41, 5.74) is 0.780.